The molecule has 0 radical (unpaired) electrons. The van der Waals surface area contributed by atoms with E-state index in [-0.39, 0.29) is 0 Å². The van der Waals surface area contributed by atoms with E-state index < -0.39 is 0 Å². The molecule has 1 atom stereocenters. The van der Waals surface area contributed by atoms with Crippen molar-refractivity contribution in [3.05, 3.63) is 51.8 Å². The Morgan fingerprint density at radius 2 is 2.16 bits per heavy atom. The van der Waals surface area contributed by atoms with Crippen LogP contribution in [0.15, 0.2) is 34.9 Å². The molecule has 0 amide bonds. The number of aromatic amines is 1. The van der Waals surface area contributed by atoms with Gasteiger partial charge in [-0.15, -0.1) is 0 Å². The summed E-state index contributed by atoms with van der Waals surface area (Å²) in [5, 5.41) is 10.6. The highest BCUT2D eigenvalue weighted by atomic mass is 79.9. The van der Waals surface area contributed by atoms with Gasteiger partial charge >= 0.3 is 0 Å². The fraction of sp³-hybridized carbons (Fsp3) is 0.400. The second-order valence-electron chi connectivity index (χ2n) is 4.82. The molecule has 1 heterocycles. The summed E-state index contributed by atoms with van der Waals surface area (Å²) < 4.78 is 1.17. The van der Waals surface area contributed by atoms with Crippen molar-refractivity contribution in [2.45, 2.75) is 32.7 Å². The lowest BCUT2D eigenvalue weighted by Gasteiger charge is -2.15. The molecule has 0 aliphatic rings. The molecule has 19 heavy (non-hydrogen) atoms. The Labute approximate surface area is 122 Å². The molecule has 102 valence electrons. The number of nitrogens with one attached hydrogen (secondary N) is 2. The Morgan fingerprint density at radius 3 is 2.84 bits per heavy atom. The summed E-state index contributed by atoms with van der Waals surface area (Å²) in [5.41, 5.74) is 3.80. The van der Waals surface area contributed by atoms with Crippen molar-refractivity contribution in [3.63, 3.8) is 0 Å². The van der Waals surface area contributed by atoms with Gasteiger partial charge < -0.3 is 5.32 Å². The average Bonchev–Trinajstić information content (AvgIpc) is 2.80. The molecule has 1 unspecified atom stereocenters. The van der Waals surface area contributed by atoms with Gasteiger partial charge in [0, 0.05) is 16.2 Å². The minimum absolute atomic E-state index is 0.362. The number of hydrogen-bond acceptors (Lipinski definition) is 2. The zero-order valence-corrected chi connectivity index (χ0v) is 13.0. The number of aryl methyl sites for hydroxylation is 2. The molecule has 4 heteroatoms. The third-order valence-corrected chi connectivity index (χ3v) is 4.10. The number of rotatable bonds is 6. The molecule has 2 rings (SSSR count). The predicted octanol–water partition coefficient (Wildman–Crippen LogP) is 3.76. The SMILES string of the molecule is Cc1[nH]ncc1CCCNC(C)c1ccccc1Br. The molecule has 0 bridgehead atoms. The van der Waals surface area contributed by atoms with Gasteiger partial charge in [0.05, 0.1) is 6.20 Å². The van der Waals surface area contributed by atoms with E-state index in [1.165, 1.54) is 21.3 Å². The molecule has 0 aliphatic heterocycles. The Kier molecular flexibility index (Phi) is 5.16. The van der Waals surface area contributed by atoms with Crippen LogP contribution >= 0.6 is 15.9 Å². The topological polar surface area (TPSA) is 40.7 Å². The predicted molar refractivity (Wildman–Crippen MR) is 82.2 cm³/mol. The van der Waals surface area contributed by atoms with Crippen LogP contribution in [0, 0.1) is 6.92 Å². The second-order valence-corrected chi connectivity index (χ2v) is 5.68. The van der Waals surface area contributed by atoms with E-state index in [9.17, 15) is 0 Å². The van der Waals surface area contributed by atoms with Gasteiger partial charge in [-0.2, -0.15) is 5.10 Å². The lowest BCUT2D eigenvalue weighted by Crippen LogP contribution is -2.20. The fourth-order valence-electron chi connectivity index (χ4n) is 2.16. The maximum atomic E-state index is 4.04. The maximum Gasteiger partial charge on any atom is 0.0522 e. The molecule has 0 spiro atoms. The second kappa shape index (κ2) is 6.87. The van der Waals surface area contributed by atoms with Gasteiger partial charge in [0.25, 0.3) is 0 Å². The van der Waals surface area contributed by atoms with E-state index in [2.05, 4.69) is 63.5 Å². The average molecular weight is 322 g/mol. The highest BCUT2D eigenvalue weighted by Crippen LogP contribution is 2.22. The Hall–Kier alpha value is -1.13. The summed E-state index contributed by atoms with van der Waals surface area (Å²) in [6.45, 7) is 5.27. The van der Waals surface area contributed by atoms with Gasteiger partial charge in [0.15, 0.2) is 0 Å². The summed E-state index contributed by atoms with van der Waals surface area (Å²) in [5.74, 6) is 0. The smallest absolute Gasteiger partial charge is 0.0522 e. The van der Waals surface area contributed by atoms with Crippen molar-refractivity contribution < 1.29 is 0 Å². The van der Waals surface area contributed by atoms with Crippen molar-refractivity contribution in [1.29, 1.82) is 0 Å². The standard InChI is InChI=1S/C15H20BrN3/c1-11-13(10-18-19-11)6-5-9-17-12(2)14-7-3-4-8-15(14)16/h3-4,7-8,10,12,17H,5-6,9H2,1-2H3,(H,18,19). The number of hydrogen-bond donors (Lipinski definition) is 2. The van der Waals surface area contributed by atoms with Gasteiger partial charge in [0.2, 0.25) is 0 Å². The Morgan fingerprint density at radius 1 is 1.37 bits per heavy atom. The highest BCUT2D eigenvalue weighted by Gasteiger charge is 2.07. The number of benzene rings is 1. The first kappa shape index (κ1) is 14.3. The normalized spacial score (nSPS) is 12.6. The van der Waals surface area contributed by atoms with Crippen molar-refractivity contribution in [2.24, 2.45) is 0 Å². The third kappa shape index (κ3) is 3.91. The summed E-state index contributed by atoms with van der Waals surface area (Å²) >= 11 is 3.59. The van der Waals surface area contributed by atoms with Gasteiger partial charge in [-0.25, -0.2) is 0 Å². The molecular formula is C15H20BrN3. The van der Waals surface area contributed by atoms with Gasteiger partial charge in [0.1, 0.15) is 0 Å². The van der Waals surface area contributed by atoms with Crippen LogP contribution in [0.5, 0.6) is 0 Å². The quantitative estimate of drug-likeness (QED) is 0.795. The molecule has 0 fully saturated rings. The van der Waals surface area contributed by atoms with E-state index in [0.29, 0.717) is 6.04 Å². The minimum Gasteiger partial charge on any atom is -0.310 e. The summed E-state index contributed by atoms with van der Waals surface area (Å²) in [4.78, 5) is 0. The summed E-state index contributed by atoms with van der Waals surface area (Å²) in [6, 6.07) is 8.72. The fourth-order valence-corrected chi connectivity index (χ4v) is 2.79. The van der Waals surface area contributed by atoms with Crippen molar-refractivity contribution in [3.8, 4) is 0 Å². The van der Waals surface area contributed by atoms with Crippen LogP contribution in [-0.4, -0.2) is 16.7 Å². The van der Waals surface area contributed by atoms with E-state index in [1.54, 1.807) is 0 Å². The number of halogens is 1. The number of nitrogens with zero attached hydrogens (tertiary/aromatic N) is 1. The van der Waals surface area contributed by atoms with Crippen LogP contribution < -0.4 is 5.32 Å². The molecule has 0 aliphatic carbocycles. The molecule has 3 nitrogen and oxygen atoms in total. The highest BCUT2D eigenvalue weighted by molar-refractivity contribution is 9.10. The molecule has 0 saturated carbocycles. The zero-order chi connectivity index (χ0) is 13.7. The lowest BCUT2D eigenvalue weighted by molar-refractivity contribution is 0.556. The third-order valence-electron chi connectivity index (χ3n) is 3.38. The largest absolute Gasteiger partial charge is 0.310 e. The van der Waals surface area contributed by atoms with E-state index in [1.807, 2.05) is 12.3 Å². The van der Waals surface area contributed by atoms with Crippen LogP contribution in [0.2, 0.25) is 0 Å². The first-order valence-corrected chi connectivity index (χ1v) is 7.44. The van der Waals surface area contributed by atoms with Crippen LogP contribution in [0.4, 0.5) is 0 Å². The first-order valence-electron chi connectivity index (χ1n) is 6.65. The van der Waals surface area contributed by atoms with Gasteiger partial charge in [-0.05, 0) is 50.4 Å². The Bertz CT molecular complexity index is 522. The van der Waals surface area contributed by atoms with Crippen LogP contribution in [0.3, 0.4) is 0 Å². The molecule has 1 aromatic carbocycles. The molecular weight excluding hydrogens is 302 g/mol. The number of aromatic nitrogens is 2. The van der Waals surface area contributed by atoms with Crippen LogP contribution in [0.1, 0.15) is 36.2 Å². The lowest BCUT2D eigenvalue weighted by atomic mass is 10.1. The van der Waals surface area contributed by atoms with Crippen molar-refractivity contribution in [1.82, 2.24) is 15.5 Å². The van der Waals surface area contributed by atoms with Crippen molar-refractivity contribution in [2.75, 3.05) is 6.54 Å². The van der Waals surface area contributed by atoms with Crippen molar-refractivity contribution >= 4 is 15.9 Å². The maximum absolute atomic E-state index is 4.04. The van der Waals surface area contributed by atoms with E-state index in [0.717, 1.165) is 19.4 Å². The first-order chi connectivity index (χ1) is 9.18. The zero-order valence-electron chi connectivity index (χ0n) is 11.4. The van der Waals surface area contributed by atoms with Gasteiger partial charge in [-0.1, -0.05) is 34.1 Å². The van der Waals surface area contributed by atoms with E-state index in [4.69, 9.17) is 0 Å². The number of H-pyrrole nitrogens is 1. The molecule has 1 aromatic heterocycles. The molecule has 2 N–H and O–H groups in total. The van der Waals surface area contributed by atoms with Crippen LogP contribution in [-0.2, 0) is 6.42 Å². The molecule has 2 aromatic rings. The minimum atomic E-state index is 0.362. The Balaban J connectivity index is 1.77. The van der Waals surface area contributed by atoms with Gasteiger partial charge in [-0.3, -0.25) is 5.10 Å². The monoisotopic (exact) mass is 321 g/mol. The summed E-state index contributed by atoms with van der Waals surface area (Å²) in [7, 11) is 0. The molecule has 0 saturated heterocycles. The summed E-state index contributed by atoms with van der Waals surface area (Å²) in [6.07, 6.45) is 4.11. The van der Waals surface area contributed by atoms with E-state index >= 15 is 0 Å². The van der Waals surface area contributed by atoms with Crippen LogP contribution in [0.25, 0.3) is 0 Å².